The van der Waals surface area contributed by atoms with Crippen LogP contribution >= 0.6 is 0 Å². The van der Waals surface area contributed by atoms with Gasteiger partial charge in [-0.25, -0.2) is 13.6 Å². The number of nitrogens with zero attached hydrogens (tertiary/aromatic N) is 1. The molecule has 1 aliphatic heterocycles. The van der Waals surface area contributed by atoms with E-state index >= 15 is 0 Å². The summed E-state index contributed by atoms with van der Waals surface area (Å²) in [7, 11) is 2.07. The van der Waals surface area contributed by atoms with Crippen LogP contribution in [0, 0.1) is 5.92 Å². The van der Waals surface area contributed by atoms with Gasteiger partial charge in [0.05, 0.1) is 13.1 Å². The van der Waals surface area contributed by atoms with Gasteiger partial charge in [-0.3, -0.25) is 0 Å². The van der Waals surface area contributed by atoms with Gasteiger partial charge >= 0.3 is 6.09 Å². The first kappa shape index (κ1) is 20.1. The molecule has 1 atom stereocenters. The molecule has 1 heterocycles. The minimum atomic E-state index is -3.00. The van der Waals surface area contributed by atoms with Gasteiger partial charge in [0.1, 0.15) is 5.60 Å². The summed E-state index contributed by atoms with van der Waals surface area (Å²) in [6, 6.07) is 0.0381. The summed E-state index contributed by atoms with van der Waals surface area (Å²) in [6.07, 6.45) is 1.22. The lowest BCUT2D eigenvalue weighted by atomic mass is 9.90. The van der Waals surface area contributed by atoms with Crippen molar-refractivity contribution >= 4 is 6.09 Å². The number of nitrogens with one attached hydrogen (secondary N) is 2. The molecule has 1 saturated heterocycles. The molecule has 0 bridgehead atoms. The van der Waals surface area contributed by atoms with Gasteiger partial charge in [0.25, 0.3) is 5.92 Å². The SMILES string of the molecule is CC(NCC(F)(F)CNC(=O)OC(C)(C)C)C1CCN(C)CC1. The van der Waals surface area contributed by atoms with Crippen molar-refractivity contribution in [3.63, 3.8) is 0 Å². The van der Waals surface area contributed by atoms with E-state index in [1.807, 2.05) is 6.92 Å². The van der Waals surface area contributed by atoms with Crippen molar-refractivity contribution in [2.24, 2.45) is 5.92 Å². The molecular weight excluding hydrogens is 304 g/mol. The van der Waals surface area contributed by atoms with Gasteiger partial charge in [0, 0.05) is 6.04 Å². The number of likely N-dealkylation sites (tertiary alicyclic amines) is 1. The van der Waals surface area contributed by atoms with E-state index in [0.717, 1.165) is 25.9 Å². The zero-order valence-electron chi connectivity index (χ0n) is 14.9. The van der Waals surface area contributed by atoms with Gasteiger partial charge in [0.15, 0.2) is 0 Å². The van der Waals surface area contributed by atoms with E-state index in [2.05, 4.69) is 22.6 Å². The van der Waals surface area contributed by atoms with Crippen molar-refractivity contribution in [3.8, 4) is 0 Å². The predicted octanol–water partition coefficient (Wildman–Crippen LogP) is 2.47. The number of ether oxygens (including phenoxy) is 1. The molecule has 0 aromatic rings. The normalized spacial score (nSPS) is 19.4. The Morgan fingerprint density at radius 3 is 2.35 bits per heavy atom. The lowest BCUT2D eigenvalue weighted by molar-refractivity contribution is -0.00733. The number of piperidine rings is 1. The highest BCUT2D eigenvalue weighted by molar-refractivity contribution is 5.67. The van der Waals surface area contributed by atoms with E-state index in [1.165, 1.54) is 0 Å². The molecule has 1 fully saturated rings. The quantitative estimate of drug-likeness (QED) is 0.783. The Morgan fingerprint density at radius 2 is 1.83 bits per heavy atom. The molecule has 2 N–H and O–H groups in total. The Balaban J connectivity index is 2.30. The number of alkyl carbamates (subject to hydrolysis) is 1. The maximum Gasteiger partial charge on any atom is 0.407 e. The molecule has 0 aliphatic carbocycles. The zero-order chi connectivity index (χ0) is 17.7. The number of hydrogen-bond acceptors (Lipinski definition) is 4. The van der Waals surface area contributed by atoms with Crippen LogP contribution < -0.4 is 10.6 Å². The van der Waals surface area contributed by atoms with E-state index in [0.29, 0.717) is 5.92 Å². The van der Waals surface area contributed by atoms with Crippen molar-refractivity contribution in [2.75, 3.05) is 33.2 Å². The molecule has 136 valence electrons. The number of carbonyl (C=O) groups excluding carboxylic acids is 1. The van der Waals surface area contributed by atoms with Crippen LogP contribution in [0.5, 0.6) is 0 Å². The van der Waals surface area contributed by atoms with E-state index in [9.17, 15) is 13.6 Å². The molecule has 7 heteroatoms. The van der Waals surface area contributed by atoms with Crippen LogP contribution in [0.15, 0.2) is 0 Å². The summed E-state index contributed by atoms with van der Waals surface area (Å²) in [6.45, 7) is 7.86. The molecule has 0 saturated carbocycles. The second-order valence-corrected chi connectivity index (χ2v) is 7.52. The summed E-state index contributed by atoms with van der Waals surface area (Å²) in [5, 5.41) is 5.05. The highest BCUT2D eigenvalue weighted by Gasteiger charge is 2.32. The second-order valence-electron chi connectivity index (χ2n) is 7.52. The minimum absolute atomic E-state index is 0.0381. The Morgan fingerprint density at radius 1 is 1.26 bits per heavy atom. The smallest absolute Gasteiger partial charge is 0.407 e. The molecule has 1 amide bonds. The van der Waals surface area contributed by atoms with Crippen LogP contribution in [0.4, 0.5) is 13.6 Å². The van der Waals surface area contributed by atoms with E-state index in [-0.39, 0.29) is 6.04 Å². The number of alkyl halides is 2. The number of hydrogen-bond donors (Lipinski definition) is 2. The fourth-order valence-corrected chi connectivity index (χ4v) is 2.58. The van der Waals surface area contributed by atoms with Crippen molar-refractivity contribution < 1.29 is 18.3 Å². The summed E-state index contributed by atoms with van der Waals surface area (Å²) in [5.74, 6) is -2.59. The zero-order valence-corrected chi connectivity index (χ0v) is 14.9. The molecule has 1 aliphatic rings. The fraction of sp³-hybridized carbons (Fsp3) is 0.938. The van der Waals surface area contributed by atoms with Gasteiger partial charge in [-0.1, -0.05) is 0 Å². The van der Waals surface area contributed by atoms with Gasteiger partial charge in [0.2, 0.25) is 0 Å². The number of amides is 1. The minimum Gasteiger partial charge on any atom is -0.444 e. The van der Waals surface area contributed by atoms with Crippen LogP contribution in [0.25, 0.3) is 0 Å². The van der Waals surface area contributed by atoms with Gasteiger partial charge in [-0.15, -0.1) is 0 Å². The van der Waals surface area contributed by atoms with Crippen molar-refractivity contribution in [3.05, 3.63) is 0 Å². The van der Waals surface area contributed by atoms with Gasteiger partial charge < -0.3 is 20.3 Å². The lowest BCUT2D eigenvalue weighted by Gasteiger charge is -2.33. The third kappa shape index (κ3) is 8.46. The number of carbonyl (C=O) groups is 1. The van der Waals surface area contributed by atoms with E-state index in [1.54, 1.807) is 20.8 Å². The van der Waals surface area contributed by atoms with Crippen LogP contribution in [-0.2, 0) is 4.74 Å². The summed E-state index contributed by atoms with van der Waals surface area (Å²) < 4.78 is 32.7. The molecule has 23 heavy (non-hydrogen) atoms. The monoisotopic (exact) mass is 335 g/mol. The van der Waals surface area contributed by atoms with Crippen molar-refractivity contribution in [2.45, 2.75) is 58.1 Å². The summed E-state index contributed by atoms with van der Waals surface area (Å²) in [4.78, 5) is 13.7. The Labute approximate surface area is 138 Å². The Bertz CT molecular complexity index is 378. The van der Waals surface area contributed by atoms with Crippen LogP contribution in [0.2, 0.25) is 0 Å². The molecule has 0 aromatic heterocycles. The van der Waals surface area contributed by atoms with Crippen LogP contribution in [-0.4, -0.2) is 61.8 Å². The first-order chi connectivity index (χ1) is 10.5. The first-order valence-electron chi connectivity index (χ1n) is 8.25. The predicted molar refractivity (Wildman–Crippen MR) is 86.9 cm³/mol. The van der Waals surface area contributed by atoms with Crippen LogP contribution in [0.3, 0.4) is 0 Å². The Kier molecular flexibility index (Phi) is 7.20. The van der Waals surface area contributed by atoms with Crippen molar-refractivity contribution in [1.82, 2.24) is 15.5 Å². The standard InChI is InChI=1S/C16H31F2N3O2/c1-12(13-6-8-21(5)9-7-13)19-10-16(17,18)11-20-14(22)23-15(2,3)4/h12-13,19H,6-11H2,1-5H3,(H,20,22). The summed E-state index contributed by atoms with van der Waals surface area (Å²) >= 11 is 0. The second kappa shape index (κ2) is 8.24. The number of halogens is 2. The molecule has 0 aromatic carbocycles. The summed E-state index contributed by atoms with van der Waals surface area (Å²) in [5.41, 5.74) is -0.694. The third-order valence-corrected chi connectivity index (χ3v) is 4.04. The average molecular weight is 335 g/mol. The topological polar surface area (TPSA) is 53.6 Å². The molecule has 1 unspecified atom stereocenters. The molecule has 0 spiro atoms. The molecular formula is C16H31F2N3O2. The highest BCUT2D eigenvalue weighted by Crippen LogP contribution is 2.20. The van der Waals surface area contributed by atoms with Crippen LogP contribution in [0.1, 0.15) is 40.5 Å². The average Bonchev–Trinajstić information content (AvgIpc) is 2.42. The molecule has 1 rings (SSSR count). The van der Waals surface area contributed by atoms with E-state index in [4.69, 9.17) is 4.74 Å². The number of rotatable bonds is 6. The fourth-order valence-electron chi connectivity index (χ4n) is 2.58. The first-order valence-corrected chi connectivity index (χ1v) is 8.25. The highest BCUT2D eigenvalue weighted by atomic mass is 19.3. The lowest BCUT2D eigenvalue weighted by Crippen LogP contribution is -2.48. The maximum atomic E-state index is 13.9. The third-order valence-electron chi connectivity index (χ3n) is 4.04. The van der Waals surface area contributed by atoms with E-state index < -0.39 is 30.7 Å². The van der Waals surface area contributed by atoms with Gasteiger partial charge in [-0.05, 0) is 66.6 Å². The molecule has 0 radical (unpaired) electrons. The largest absolute Gasteiger partial charge is 0.444 e. The van der Waals surface area contributed by atoms with Gasteiger partial charge in [-0.2, -0.15) is 0 Å². The maximum absolute atomic E-state index is 13.9. The van der Waals surface area contributed by atoms with Crippen molar-refractivity contribution in [1.29, 1.82) is 0 Å². The Hall–Kier alpha value is -0.950. The molecule has 5 nitrogen and oxygen atoms in total.